The summed E-state index contributed by atoms with van der Waals surface area (Å²) in [4.78, 5) is 43.5. The molecule has 0 aliphatic heterocycles. The Bertz CT molecular complexity index is 1030. The van der Waals surface area contributed by atoms with Crippen LogP contribution in [0.3, 0.4) is 0 Å². The minimum atomic E-state index is -4.44. The number of aliphatic imine (C=N–C) groups is 1. The molecule has 2 aromatic heterocycles. The van der Waals surface area contributed by atoms with Crippen molar-refractivity contribution in [2.75, 3.05) is 18.5 Å². The van der Waals surface area contributed by atoms with Gasteiger partial charge in [0.1, 0.15) is 18.2 Å². The monoisotopic (exact) mass is 490 g/mol. The van der Waals surface area contributed by atoms with Crippen LogP contribution in [0.1, 0.15) is 18.7 Å². The van der Waals surface area contributed by atoms with Crippen molar-refractivity contribution in [1.29, 1.82) is 0 Å². The summed E-state index contributed by atoms with van der Waals surface area (Å²) in [6, 6.07) is 1.46. The van der Waals surface area contributed by atoms with Crippen molar-refractivity contribution in [3.05, 3.63) is 40.7 Å². The number of carboxylic acids is 2. The number of aryl methyl sites for hydroxylation is 1. The molecule has 0 spiro atoms. The number of guanidine groups is 1. The highest BCUT2D eigenvalue weighted by atomic mass is 19.4. The zero-order valence-electron chi connectivity index (χ0n) is 17.4. The third-order valence-electron chi connectivity index (χ3n) is 3.28. The van der Waals surface area contributed by atoms with Gasteiger partial charge in [-0.05, 0) is 18.9 Å². The van der Waals surface area contributed by atoms with E-state index in [1.54, 1.807) is 0 Å². The van der Waals surface area contributed by atoms with Gasteiger partial charge in [-0.2, -0.15) is 23.3 Å². The molecule has 0 aromatic carbocycles. The Balaban J connectivity index is 0.000000620. The molecule has 14 nitrogen and oxygen atoms in total. The molecule has 0 atom stereocenters. The van der Waals surface area contributed by atoms with Gasteiger partial charge in [-0.1, -0.05) is 0 Å². The maximum absolute atomic E-state index is 12.1. The highest BCUT2D eigenvalue weighted by Gasteiger charge is 2.26. The Morgan fingerprint density at radius 2 is 1.91 bits per heavy atom. The number of carboxylic acid groups (broad SMARTS) is 2. The number of aromatic nitrogens is 5. The summed E-state index contributed by atoms with van der Waals surface area (Å²) in [5, 5.41) is 24.1. The summed E-state index contributed by atoms with van der Waals surface area (Å²) >= 11 is 0. The van der Waals surface area contributed by atoms with Crippen LogP contribution in [0.25, 0.3) is 0 Å². The van der Waals surface area contributed by atoms with Gasteiger partial charge in [-0.25, -0.2) is 29.5 Å². The Labute approximate surface area is 188 Å². The average Bonchev–Trinajstić information content (AvgIpc) is 3.16. The van der Waals surface area contributed by atoms with Crippen LogP contribution in [-0.4, -0.2) is 72.6 Å². The summed E-state index contributed by atoms with van der Waals surface area (Å²) < 4.78 is 41.6. The largest absolute Gasteiger partial charge is 0.478 e. The van der Waals surface area contributed by atoms with Gasteiger partial charge in [-0.3, -0.25) is 4.98 Å². The van der Waals surface area contributed by atoms with Crippen LogP contribution in [0.5, 0.6) is 6.01 Å². The number of halogens is 3. The Hall–Kier alpha value is -4.44. The van der Waals surface area contributed by atoms with E-state index in [0.717, 1.165) is 6.42 Å². The van der Waals surface area contributed by atoms with Gasteiger partial charge in [0.25, 0.3) is 0 Å². The molecule has 0 bridgehead atoms. The minimum Gasteiger partial charge on any atom is -0.478 e. The fourth-order valence-corrected chi connectivity index (χ4v) is 1.95. The zero-order chi connectivity index (χ0) is 25.6. The number of anilines is 1. The fourth-order valence-electron chi connectivity index (χ4n) is 1.95. The molecule has 0 amide bonds. The van der Waals surface area contributed by atoms with Crippen molar-refractivity contribution >= 4 is 23.7 Å². The maximum Gasteiger partial charge on any atom is 0.408 e. The molecule has 0 fully saturated rings. The van der Waals surface area contributed by atoms with Crippen LogP contribution < -0.4 is 21.5 Å². The number of hydrogen-bond acceptors (Lipinski definition) is 8. The molecule has 2 heterocycles. The molecule has 2 aromatic rings. The van der Waals surface area contributed by atoms with E-state index in [4.69, 9.17) is 20.7 Å². The lowest BCUT2D eigenvalue weighted by molar-refractivity contribution is -0.134. The fraction of sp³-hybridized carbons (Fsp3) is 0.353. The molecule has 7 N–H and O–H groups in total. The summed E-state index contributed by atoms with van der Waals surface area (Å²) in [6.07, 6.45) is 0.00757. The zero-order valence-corrected chi connectivity index (χ0v) is 17.4. The number of carbonyl (C=O) groups is 2. The lowest BCUT2D eigenvalue weighted by Crippen LogP contribution is -2.26. The molecule has 17 heteroatoms. The summed E-state index contributed by atoms with van der Waals surface area (Å²) in [7, 11) is 0. The van der Waals surface area contributed by atoms with Gasteiger partial charge in [0.05, 0.1) is 6.61 Å². The lowest BCUT2D eigenvalue weighted by atomic mass is 10.2. The van der Waals surface area contributed by atoms with Crippen LogP contribution in [0.15, 0.2) is 34.2 Å². The molecule has 0 aliphatic rings. The number of nitrogens with zero attached hydrogens (tertiary/aromatic N) is 4. The second-order valence-electron chi connectivity index (χ2n) is 6.11. The van der Waals surface area contributed by atoms with Gasteiger partial charge < -0.3 is 26.0 Å². The van der Waals surface area contributed by atoms with Crippen LogP contribution >= 0.6 is 0 Å². The summed E-state index contributed by atoms with van der Waals surface area (Å²) in [5.41, 5.74) is 5.01. The quantitative estimate of drug-likeness (QED) is 0.115. The van der Waals surface area contributed by atoms with E-state index in [9.17, 15) is 27.6 Å². The number of alkyl halides is 3. The first-order chi connectivity index (χ1) is 15.9. The number of hydrogen-bond donors (Lipinski definition) is 6. The van der Waals surface area contributed by atoms with Crippen LogP contribution in [0, 0.1) is 0 Å². The number of rotatable bonds is 10. The molecular weight excluding hydrogens is 469 g/mol. The van der Waals surface area contributed by atoms with Crippen LogP contribution in [0.2, 0.25) is 0 Å². The third kappa shape index (κ3) is 13.8. The highest BCUT2D eigenvalue weighted by Crippen LogP contribution is 2.14. The Morgan fingerprint density at radius 3 is 2.47 bits per heavy atom. The minimum absolute atomic E-state index is 0.0480. The molecule has 0 saturated heterocycles. The first kappa shape index (κ1) is 27.6. The summed E-state index contributed by atoms with van der Waals surface area (Å²) in [6.45, 7) is -1.07. The Morgan fingerprint density at radius 1 is 1.24 bits per heavy atom. The van der Waals surface area contributed by atoms with Gasteiger partial charge in [0, 0.05) is 24.8 Å². The van der Waals surface area contributed by atoms with Crippen molar-refractivity contribution in [1.82, 2.24) is 25.1 Å². The number of aliphatic carboxylic acids is 2. The number of aromatic amines is 2. The van der Waals surface area contributed by atoms with Crippen LogP contribution in [0.4, 0.5) is 19.0 Å². The normalized spacial score (nSPS) is 11.6. The Kier molecular flexibility index (Phi) is 11.2. The molecule has 186 valence electrons. The van der Waals surface area contributed by atoms with Crippen molar-refractivity contribution < 1.29 is 37.7 Å². The molecule has 34 heavy (non-hydrogen) atoms. The molecular formula is C17H21F3N8O6. The van der Waals surface area contributed by atoms with E-state index in [-0.39, 0.29) is 17.5 Å². The number of unbranched alkanes of at least 4 members (excludes halogenated alkanes) is 1. The van der Waals surface area contributed by atoms with Gasteiger partial charge in [0.15, 0.2) is 5.96 Å². The number of ether oxygens (including phenoxy) is 1. The topological polar surface area (TPSA) is 222 Å². The smallest absolute Gasteiger partial charge is 0.408 e. The molecule has 0 unspecified atom stereocenters. The van der Waals surface area contributed by atoms with Crippen molar-refractivity contribution in [3.63, 3.8) is 0 Å². The molecule has 0 radical (unpaired) electrons. The molecule has 2 rings (SSSR count). The second kappa shape index (κ2) is 13.9. The van der Waals surface area contributed by atoms with Crippen molar-refractivity contribution in [3.8, 4) is 6.01 Å². The SMILES string of the molecule is NC(=NCC(F)(F)F)Nc1ccnc(OCCCCc2n[nH]c(=O)[nH]2)n1.O=C(O)C=CC(=O)O. The summed E-state index contributed by atoms with van der Waals surface area (Å²) in [5.74, 6) is -2.21. The third-order valence-corrected chi connectivity index (χ3v) is 3.28. The van der Waals surface area contributed by atoms with Crippen molar-refractivity contribution in [2.45, 2.75) is 25.4 Å². The lowest BCUT2D eigenvalue weighted by Gasteiger charge is -2.08. The van der Waals surface area contributed by atoms with Crippen molar-refractivity contribution in [2.24, 2.45) is 10.7 Å². The number of nitrogens with one attached hydrogen (secondary N) is 3. The van der Waals surface area contributed by atoms with Crippen LogP contribution in [-0.2, 0) is 16.0 Å². The standard InChI is InChI=1S/C13H17F3N8O2.C4H4O4/c14-13(15,16)7-19-10(17)20-8-4-5-18-12(22-8)26-6-2-1-3-9-21-11(25)24-23-9;5-3(6)1-2-4(7)8/h4-5H,1-3,6-7H2,(H2,21,23,24,25)(H3,17,18,19,20,22);1-2H,(H,5,6)(H,7,8). The second-order valence-corrected chi connectivity index (χ2v) is 6.11. The first-order valence-electron chi connectivity index (χ1n) is 9.31. The van der Waals surface area contributed by atoms with Gasteiger partial charge in [-0.15, -0.1) is 0 Å². The average molecular weight is 490 g/mol. The highest BCUT2D eigenvalue weighted by molar-refractivity contribution is 5.91. The van der Waals surface area contributed by atoms with E-state index < -0.39 is 30.6 Å². The van der Waals surface area contributed by atoms with E-state index in [0.29, 0.717) is 37.4 Å². The van der Waals surface area contributed by atoms with E-state index >= 15 is 0 Å². The number of H-pyrrole nitrogens is 2. The van der Waals surface area contributed by atoms with Gasteiger partial charge >= 0.3 is 29.8 Å². The van der Waals surface area contributed by atoms with Gasteiger partial charge in [0.2, 0.25) is 0 Å². The molecule has 0 saturated carbocycles. The maximum atomic E-state index is 12.1. The predicted molar refractivity (Wildman–Crippen MR) is 110 cm³/mol. The number of nitrogens with two attached hydrogens (primary N) is 1. The van der Waals surface area contributed by atoms with E-state index in [1.165, 1.54) is 12.3 Å². The first-order valence-corrected chi connectivity index (χ1v) is 9.31. The van der Waals surface area contributed by atoms with E-state index in [2.05, 4.69) is 35.5 Å². The predicted octanol–water partition coefficient (Wildman–Crippen LogP) is 0.290. The molecule has 0 aliphatic carbocycles. The van der Waals surface area contributed by atoms with E-state index in [1.807, 2.05) is 0 Å².